The Morgan fingerprint density at radius 1 is 1.06 bits per heavy atom. The molecule has 0 saturated carbocycles. The van der Waals surface area contributed by atoms with Gasteiger partial charge in [-0.25, -0.2) is 4.68 Å². The van der Waals surface area contributed by atoms with E-state index in [4.69, 9.17) is 19.6 Å². The fourth-order valence-corrected chi connectivity index (χ4v) is 4.14. The summed E-state index contributed by atoms with van der Waals surface area (Å²) in [6, 6.07) is 18.1. The van der Waals surface area contributed by atoms with Crippen molar-refractivity contribution in [3.63, 3.8) is 0 Å². The molecule has 1 unspecified atom stereocenters. The third-order valence-electron chi connectivity index (χ3n) is 5.78. The number of aromatic nitrogens is 4. The third-order valence-corrected chi connectivity index (χ3v) is 5.78. The van der Waals surface area contributed by atoms with Crippen LogP contribution in [0.15, 0.2) is 84.3 Å². The minimum absolute atomic E-state index is 0.275. The number of pyridine rings is 1. The van der Waals surface area contributed by atoms with Gasteiger partial charge in [-0.2, -0.15) is 4.98 Å². The summed E-state index contributed by atoms with van der Waals surface area (Å²) in [4.78, 5) is 22.4. The third kappa shape index (κ3) is 4.19. The lowest BCUT2D eigenvalue weighted by Gasteiger charge is -2.29. The van der Waals surface area contributed by atoms with Gasteiger partial charge in [-0.3, -0.25) is 9.78 Å². The molecule has 176 valence electrons. The molecule has 1 amide bonds. The van der Waals surface area contributed by atoms with E-state index in [2.05, 4.69) is 15.6 Å². The number of ether oxygens (including phenoxy) is 2. The van der Waals surface area contributed by atoms with Crippen molar-refractivity contribution in [2.75, 3.05) is 24.9 Å². The van der Waals surface area contributed by atoms with E-state index in [1.54, 1.807) is 43.4 Å². The number of carbonyl (C=O) groups excluding carboxylic acids is 1. The smallest absolute Gasteiger partial charge is 0.255 e. The molecule has 2 N–H and O–H groups in total. The molecule has 9 nitrogen and oxygen atoms in total. The van der Waals surface area contributed by atoms with Crippen LogP contribution >= 0.6 is 0 Å². The quantitative estimate of drug-likeness (QED) is 0.435. The molecule has 0 spiro atoms. The average molecular weight is 469 g/mol. The van der Waals surface area contributed by atoms with E-state index < -0.39 is 6.04 Å². The van der Waals surface area contributed by atoms with Gasteiger partial charge in [0.1, 0.15) is 17.5 Å². The van der Waals surface area contributed by atoms with Gasteiger partial charge >= 0.3 is 0 Å². The number of nitrogens with one attached hydrogen (secondary N) is 2. The maximum atomic E-state index is 13.6. The second-order valence-electron chi connectivity index (χ2n) is 7.94. The van der Waals surface area contributed by atoms with E-state index in [-0.39, 0.29) is 5.91 Å². The summed E-state index contributed by atoms with van der Waals surface area (Å²) >= 11 is 0. The van der Waals surface area contributed by atoms with Crippen LogP contribution in [0.3, 0.4) is 0 Å². The van der Waals surface area contributed by atoms with Crippen LogP contribution in [0.1, 0.15) is 18.5 Å². The number of methoxy groups -OCH3 is 2. The molecule has 5 rings (SSSR count). The van der Waals surface area contributed by atoms with E-state index in [0.717, 1.165) is 11.1 Å². The lowest BCUT2D eigenvalue weighted by atomic mass is 9.94. The van der Waals surface area contributed by atoms with Gasteiger partial charge in [-0.1, -0.05) is 30.3 Å². The number of rotatable bonds is 6. The van der Waals surface area contributed by atoms with Crippen molar-refractivity contribution in [1.82, 2.24) is 19.7 Å². The van der Waals surface area contributed by atoms with E-state index in [1.165, 1.54) is 0 Å². The highest BCUT2D eigenvalue weighted by Gasteiger charge is 2.36. The van der Waals surface area contributed by atoms with Gasteiger partial charge in [0.2, 0.25) is 5.95 Å². The van der Waals surface area contributed by atoms with Gasteiger partial charge in [0.05, 0.1) is 31.7 Å². The van der Waals surface area contributed by atoms with Gasteiger partial charge in [-0.05, 0) is 37.3 Å². The fraction of sp³-hybridized carbons (Fsp3) is 0.154. The molecule has 1 aliphatic heterocycles. The molecule has 0 saturated heterocycles. The molecule has 0 aliphatic carbocycles. The van der Waals surface area contributed by atoms with Crippen LogP contribution < -0.4 is 20.1 Å². The lowest BCUT2D eigenvalue weighted by Crippen LogP contribution is -2.31. The SMILES string of the molecule is COc1cccc(-c2nc3n(n2)C(c2ccccc2OC)C(C(=O)Nc2cccnc2)=C(C)N3)c1. The number of anilines is 2. The van der Waals surface area contributed by atoms with Gasteiger partial charge in [0.15, 0.2) is 5.82 Å². The fourth-order valence-electron chi connectivity index (χ4n) is 4.14. The Morgan fingerprint density at radius 3 is 2.69 bits per heavy atom. The van der Waals surface area contributed by atoms with Crippen molar-refractivity contribution < 1.29 is 14.3 Å². The van der Waals surface area contributed by atoms with Crippen LogP contribution in [-0.4, -0.2) is 39.9 Å². The number of carbonyl (C=O) groups is 1. The van der Waals surface area contributed by atoms with Gasteiger partial charge in [0.25, 0.3) is 5.91 Å². The molecule has 1 aliphatic rings. The number of para-hydroxylation sites is 1. The highest BCUT2D eigenvalue weighted by molar-refractivity contribution is 6.06. The van der Waals surface area contributed by atoms with Gasteiger partial charge in [-0.15, -0.1) is 5.10 Å². The average Bonchev–Trinajstić information content (AvgIpc) is 3.32. The summed E-state index contributed by atoms with van der Waals surface area (Å²) in [7, 11) is 3.22. The van der Waals surface area contributed by atoms with E-state index in [0.29, 0.717) is 40.2 Å². The van der Waals surface area contributed by atoms with Gasteiger partial charge in [0, 0.05) is 23.0 Å². The molecular formula is C26H24N6O3. The number of hydrogen-bond donors (Lipinski definition) is 2. The zero-order valence-electron chi connectivity index (χ0n) is 19.5. The van der Waals surface area contributed by atoms with Crippen LogP contribution in [0.2, 0.25) is 0 Å². The Labute approximate surface area is 202 Å². The maximum absolute atomic E-state index is 13.6. The highest BCUT2D eigenvalue weighted by atomic mass is 16.5. The van der Waals surface area contributed by atoms with Crippen LogP contribution in [0, 0.1) is 0 Å². The monoisotopic (exact) mass is 468 g/mol. The van der Waals surface area contributed by atoms with Crippen molar-refractivity contribution in [3.05, 3.63) is 89.9 Å². The molecule has 2 aromatic heterocycles. The first-order valence-corrected chi connectivity index (χ1v) is 11.0. The first-order chi connectivity index (χ1) is 17.1. The minimum atomic E-state index is -0.578. The topological polar surface area (TPSA) is 103 Å². The standard InChI is InChI=1S/C26H24N6O3/c1-16-22(25(33)29-18-9-7-13-27-15-18)23(20-11-4-5-12-21(20)35-3)32-26(28-16)30-24(31-32)17-8-6-10-19(14-17)34-2/h4-15,23H,1-3H3,(H,29,33)(H,28,30,31). The molecule has 9 heteroatoms. The molecule has 1 atom stereocenters. The van der Waals surface area contributed by atoms with E-state index >= 15 is 0 Å². The second-order valence-corrected chi connectivity index (χ2v) is 7.94. The normalized spacial score (nSPS) is 14.7. The predicted octanol–water partition coefficient (Wildman–Crippen LogP) is 4.28. The Hall–Kier alpha value is -4.66. The van der Waals surface area contributed by atoms with Crippen molar-refractivity contribution in [1.29, 1.82) is 0 Å². The van der Waals surface area contributed by atoms with Crippen LogP contribution in [-0.2, 0) is 4.79 Å². The van der Waals surface area contributed by atoms with Crippen LogP contribution in [0.5, 0.6) is 11.5 Å². The Morgan fingerprint density at radius 2 is 1.91 bits per heavy atom. The summed E-state index contributed by atoms with van der Waals surface area (Å²) in [5.74, 6) is 2.10. The number of nitrogens with zero attached hydrogens (tertiary/aromatic N) is 4. The summed E-state index contributed by atoms with van der Waals surface area (Å²) < 4.78 is 12.7. The van der Waals surface area contributed by atoms with Crippen LogP contribution in [0.25, 0.3) is 11.4 Å². The first-order valence-electron chi connectivity index (χ1n) is 11.0. The summed E-state index contributed by atoms with van der Waals surface area (Å²) in [6.45, 7) is 1.85. The Bertz CT molecular complexity index is 1410. The molecule has 4 aromatic rings. The van der Waals surface area contributed by atoms with Crippen LogP contribution in [0.4, 0.5) is 11.6 Å². The van der Waals surface area contributed by atoms with Crippen molar-refractivity contribution in [2.45, 2.75) is 13.0 Å². The molecule has 2 aromatic carbocycles. The number of benzene rings is 2. The summed E-state index contributed by atoms with van der Waals surface area (Å²) in [6.07, 6.45) is 3.26. The Kier molecular flexibility index (Phi) is 5.88. The van der Waals surface area contributed by atoms with E-state index in [1.807, 2.05) is 55.5 Å². The molecule has 3 heterocycles. The molecule has 0 bridgehead atoms. The van der Waals surface area contributed by atoms with Crippen molar-refractivity contribution in [2.24, 2.45) is 0 Å². The van der Waals surface area contributed by atoms with Crippen molar-refractivity contribution in [3.8, 4) is 22.9 Å². The number of amides is 1. The molecule has 0 fully saturated rings. The molecular weight excluding hydrogens is 444 g/mol. The lowest BCUT2D eigenvalue weighted by molar-refractivity contribution is -0.113. The maximum Gasteiger partial charge on any atom is 0.255 e. The zero-order valence-corrected chi connectivity index (χ0v) is 19.5. The first kappa shape index (κ1) is 22.1. The van der Waals surface area contributed by atoms with Crippen molar-refractivity contribution >= 4 is 17.5 Å². The highest BCUT2D eigenvalue weighted by Crippen LogP contribution is 2.40. The number of hydrogen-bond acceptors (Lipinski definition) is 7. The summed E-state index contributed by atoms with van der Waals surface area (Å²) in [5.41, 5.74) is 3.34. The summed E-state index contributed by atoms with van der Waals surface area (Å²) in [5, 5.41) is 11.0. The second kappa shape index (κ2) is 9.30. The zero-order chi connectivity index (χ0) is 24.4. The number of allylic oxidation sites excluding steroid dienone is 1. The number of fused-ring (bicyclic) bond motifs is 1. The molecule has 35 heavy (non-hydrogen) atoms. The minimum Gasteiger partial charge on any atom is -0.497 e. The molecule has 0 radical (unpaired) electrons. The predicted molar refractivity (Wildman–Crippen MR) is 132 cm³/mol. The Balaban J connectivity index is 1.63. The van der Waals surface area contributed by atoms with Gasteiger partial charge < -0.3 is 20.1 Å². The largest absolute Gasteiger partial charge is 0.497 e. The van der Waals surface area contributed by atoms with E-state index in [9.17, 15) is 4.79 Å².